The zero-order valence-electron chi connectivity index (χ0n) is 10.9. The van der Waals surface area contributed by atoms with E-state index < -0.39 is 17.5 Å². The molecule has 0 bridgehead atoms. The molecule has 1 aromatic carbocycles. The van der Waals surface area contributed by atoms with E-state index in [2.05, 4.69) is 0 Å². The predicted octanol–water partition coefficient (Wildman–Crippen LogP) is -1.01. The van der Waals surface area contributed by atoms with Crippen molar-refractivity contribution in [1.82, 2.24) is 0 Å². The van der Waals surface area contributed by atoms with E-state index in [0.717, 1.165) is 5.46 Å². The normalized spacial score (nSPS) is 11.6. The molecule has 0 heterocycles. The van der Waals surface area contributed by atoms with Gasteiger partial charge in [0.1, 0.15) is 5.60 Å². The summed E-state index contributed by atoms with van der Waals surface area (Å²) >= 11 is 0. The Morgan fingerprint density at radius 3 is 2.17 bits per heavy atom. The van der Waals surface area contributed by atoms with Crippen LogP contribution in [0.25, 0.3) is 0 Å². The maximum absolute atomic E-state index is 11.6. The average molecular weight is 254 g/mol. The molecule has 5 nitrogen and oxygen atoms in total. The second-order valence-corrected chi connectivity index (χ2v) is 4.64. The molecule has 6 N–H and O–H groups in total. The van der Waals surface area contributed by atoms with Crippen LogP contribution >= 0.6 is 0 Å². The minimum atomic E-state index is -0.721. The van der Waals surface area contributed by atoms with Crippen molar-refractivity contribution in [2.75, 3.05) is 0 Å². The van der Waals surface area contributed by atoms with Gasteiger partial charge in [0.25, 0.3) is 0 Å². The van der Waals surface area contributed by atoms with Crippen molar-refractivity contribution in [3.63, 3.8) is 0 Å². The van der Waals surface area contributed by atoms with Gasteiger partial charge in [0.2, 0.25) is 0 Å². The Labute approximate surface area is 108 Å². The van der Waals surface area contributed by atoms with Gasteiger partial charge in [-0.2, -0.15) is 0 Å². The van der Waals surface area contributed by atoms with Gasteiger partial charge in [0, 0.05) is 0 Å². The zero-order chi connectivity index (χ0) is 12.2. The topological polar surface area (TPSA) is 115 Å². The highest BCUT2D eigenvalue weighted by molar-refractivity contribution is 6.58. The fourth-order valence-electron chi connectivity index (χ4n) is 1.21. The van der Waals surface area contributed by atoms with Crippen molar-refractivity contribution in [2.45, 2.75) is 32.3 Å². The summed E-state index contributed by atoms with van der Waals surface area (Å²) < 4.78 is 5.18. The highest BCUT2D eigenvalue weighted by Gasteiger charge is 2.22. The van der Waals surface area contributed by atoms with Crippen molar-refractivity contribution in [3.05, 3.63) is 30.3 Å². The smallest absolute Gasteiger partial charge is 0.315 e. The molecule has 101 valence electrons. The largest absolute Gasteiger partial charge is 0.459 e. The third-order valence-corrected chi connectivity index (χ3v) is 1.85. The minimum absolute atomic E-state index is 0. The number of esters is 1. The van der Waals surface area contributed by atoms with Crippen LogP contribution in [0.2, 0.25) is 0 Å². The number of nitrogens with two attached hydrogens (primary N) is 1. The van der Waals surface area contributed by atoms with Gasteiger partial charge in [-0.3, -0.25) is 4.79 Å². The number of carbonyl (C=O) groups excluding carboxylic acids is 1. The second kappa shape index (κ2) is 7.86. The van der Waals surface area contributed by atoms with Crippen molar-refractivity contribution in [2.24, 2.45) is 5.73 Å². The molecular formula is C12H21BNO4. The van der Waals surface area contributed by atoms with Crippen molar-refractivity contribution >= 4 is 18.7 Å². The molecule has 18 heavy (non-hydrogen) atoms. The second-order valence-electron chi connectivity index (χ2n) is 4.64. The van der Waals surface area contributed by atoms with Crippen LogP contribution in [0.1, 0.15) is 20.8 Å². The average Bonchev–Trinajstić information content (AvgIpc) is 2.16. The summed E-state index contributed by atoms with van der Waals surface area (Å²) in [7, 11) is 1.69. The Bertz CT molecular complexity index is 351. The van der Waals surface area contributed by atoms with Crippen LogP contribution in [0, 0.1) is 0 Å². The van der Waals surface area contributed by atoms with Crippen LogP contribution in [-0.2, 0) is 9.53 Å². The summed E-state index contributed by atoms with van der Waals surface area (Å²) in [5, 5.41) is 0. The van der Waals surface area contributed by atoms with Crippen LogP contribution < -0.4 is 11.2 Å². The van der Waals surface area contributed by atoms with E-state index in [1.54, 1.807) is 7.28 Å². The van der Waals surface area contributed by atoms with Gasteiger partial charge < -0.3 is 21.4 Å². The molecule has 0 spiro atoms. The number of hydrogen-bond donors (Lipinski definition) is 1. The van der Waals surface area contributed by atoms with E-state index >= 15 is 0 Å². The van der Waals surface area contributed by atoms with Gasteiger partial charge in [0.15, 0.2) is 7.28 Å². The Balaban J connectivity index is 0. The van der Waals surface area contributed by atoms with Crippen LogP contribution in [0.3, 0.4) is 0 Å². The molecule has 0 saturated carbocycles. The number of rotatable bonds is 3. The minimum Gasteiger partial charge on any atom is -0.459 e. The SMILES string of the molecule is CC(C)(C)OC(=O)C(N)[B]c1ccccc1.O.O. The van der Waals surface area contributed by atoms with E-state index in [1.165, 1.54) is 0 Å². The van der Waals surface area contributed by atoms with Gasteiger partial charge in [-0.1, -0.05) is 35.8 Å². The predicted molar refractivity (Wildman–Crippen MR) is 72.9 cm³/mol. The summed E-state index contributed by atoms with van der Waals surface area (Å²) in [6.07, 6.45) is 0. The maximum Gasteiger partial charge on any atom is 0.315 e. The summed E-state index contributed by atoms with van der Waals surface area (Å²) in [6, 6.07) is 9.49. The molecule has 0 amide bonds. The first-order chi connectivity index (χ1) is 7.38. The molecule has 1 aromatic rings. The van der Waals surface area contributed by atoms with E-state index in [1.807, 2.05) is 51.1 Å². The Morgan fingerprint density at radius 2 is 1.72 bits per heavy atom. The molecule has 1 rings (SSSR count). The first-order valence-corrected chi connectivity index (χ1v) is 5.27. The zero-order valence-corrected chi connectivity index (χ0v) is 10.9. The molecule has 0 aliphatic heterocycles. The molecule has 1 radical (unpaired) electrons. The lowest BCUT2D eigenvalue weighted by molar-refractivity contribution is -0.154. The first-order valence-electron chi connectivity index (χ1n) is 5.27. The highest BCUT2D eigenvalue weighted by Crippen LogP contribution is 2.07. The van der Waals surface area contributed by atoms with Gasteiger partial charge in [0.05, 0.1) is 5.94 Å². The molecule has 0 saturated heterocycles. The van der Waals surface area contributed by atoms with E-state index in [9.17, 15) is 4.79 Å². The maximum atomic E-state index is 11.6. The fraction of sp³-hybridized carbons (Fsp3) is 0.417. The summed E-state index contributed by atoms with van der Waals surface area (Å²) in [5.74, 6) is -1.13. The standard InChI is InChI=1S/C12H17BNO2.2H2O/c1-12(2,3)16-11(15)10(14)13-9-7-5-4-6-8-9;;/h4-8,10H,14H2,1-3H3;2*1H2. The van der Waals surface area contributed by atoms with Gasteiger partial charge >= 0.3 is 5.97 Å². The van der Waals surface area contributed by atoms with Crippen LogP contribution in [-0.4, -0.2) is 35.7 Å². The van der Waals surface area contributed by atoms with Crippen LogP contribution in [0.15, 0.2) is 30.3 Å². The first kappa shape index (κ1) is 19.0. The fourth-order valence-corrected chi connectivity index (χ4v) is 1.21. The van der Waals surface area contributed by atoms with Crippen LogP contribution in [0.5, 0.6) is 0 Å². The third-order valence-electron chi connectivity index (χ3n) is 1.85. The lowest BCUT2D eigenvalue weighted by Gasteiger charge is -2.22. The molecule has 6 heteroatoms. The summed E-state index contributed by atoms with van der Waals surface area (Å²) in [4.78, 5) is 11.6. The highest BCUT2D eigenvalue weighted by atomic mass is 16.6. The Hall–Kier alpha value is -1.37. The van der Waals surface area contributed by atoms with Gasteiger partial charge in [-0.05, 0) is 20.8 Å². The molecular weight excluding hydrogens is 233 g/mol. The van der Waals surface area contributed by atoms with Gasteiger partial charge in [-0.25, -0.2) is 0 Å². The molecule has 0 aliphatic carbocycles. The molecule has 0 aliphatic rings. The third kappa shape index (κ3) is 7.06. The van der Waals surface area contributed by atoms with Crippen molar-refractivity contribution in [1.29, 1.82) is 0 Å². The monoisotopic (exact) mass is 254 g/mol. The van der Waals surface area contributed by atoms with E-state index in [4.69, 9.17) is 10.5 Å². The quantitative estimate of drug-likeness (QED) is 0.550. The lowest BCUT2D eigenvalue weighted by Crippen LogP contribution is -2.45. The Kier molecular flexibility index (Phi) is 8.30. The number of benzene rings is 1. The molecule has 1 unspecified atom stereocenters. The molecule has 0 fully saturated rings. The summed E-state index contributed by atoms with van der Waals surface area (Å²) in [6.45, 7) is 5.46. The van der Waals surface area contributed by atoms with E-state index in [-0.39, 0.29) is 11.0 Å². The van der Waals surface area contributed by atoms with E-state index in [0.29, 0.717) is 0 Å². The van der Waals surface area contributed by atoms with Gasteiger partial charge in [-0.15, -0.1) is 0 Å². The number of carbonyl (C=O) groups is 1. The summed E-state index contributed by atoms with van der Waals surface area (Å²) in [5.41, 5.74) is 6.14. The van der Waals surface area contributed by atoms with Crippen molar-refractivity contribution in [3.8, 4) is 0 Å². The number of hydrogen-bond acceptors (Lipinski definition) is 3. The molecule has 1 atom stereocenters. The molecule has 0 aromatic heterocycles. The van der Waals surface area contributed by atoms with Crippen molar-refractivity contribution < 1.29 is 20.5 Å². The lowest BCUT2D eigenvalue weighted by atomic mass is 9.63. The number of ether oxygens (including phenoxy) is 1. The Morgan fingerprint density at radius 1 is 1.22 bits per heavy atom. The van der Waals surface area contributed by atoms with Crippen LogP contribution in [0.4, 0.5) is 0 Å².